The first-order chi connectivity index (χ1) is 16.7. The van der Waals surface area contributed by atoms with Crippen LogP contribution in [0.1, 0.15) is 49.8 Å². The summed E-state index contributed by atoms with van der Waals surface area (Å²) < 4.78 is 5.47. The molecule has 2 N–H and O–H groups in total. The molecule has 1 heterocycles. The van der Waals surface area contributed by atoms with Crippen molar-refractivity contribution in [1.29, 1.82) is 0 Å². The lowest BCUT2D eigenvalue weighted by Crippen LogP contribution is -2.30. The molecular formula is C25H26N2O8. The lowest BCUT2D eigenvalue weighted by Gasteiger charge is -2.25. The largest absolute Gasteiger partial charge is 0.507 e. The minimum Gasteiger partial charge on any atom is -0.507 e. The summed E-state index contributed by atoms with van der Waals surface area (Å²) in [5, 5.41) is 30.8. The number of rotatable bonds is 11. The number of hydrogen-bond donors (Lipinski definition) is 2. The number of carbonyl (C=O) groups excluding carboxylic acids is 2. The highest BCUT2D eigenvalue weighted by molar-refractivity contribution is 6.46. The quantitative estimate of drug-likeness (QED) is 0.122. The zero-order valence-corrected chi connectivity index (χ0v) is 19.2. The lowest BCUT2D eigenvalue weighted by atomic mass is 9.95. The van der Waals surface area contributed by atoms with Gasteiger partial charge in [0.1, 0.15) is 11.5 Å². The molecule has 1 atom stereocenters. The third-order valence-corrected chi connectivity index (χ3v) is 5.69. The van der Waals surface area contributed by atoms with Crippen LogP contribution in [-0.2, 0) is 14.4 Å². The minimum atomic E-state index is -0.900. The van der Waals surface area contributed by atoms with Crippen molar-refractivity contribution in [2.24, 2.45) is 0 Å². The van der Waals surface area contributed by atoms with Gasteiger partial charge in [-0.25, -0.2) is 0 Å². The number of likely N-dealkylation sites (tertiary alicyclic amines) is 1. The average Bonchev–Trinajstić information content (AvgIpc) is 3.09. The number of non-ortho nitro benzene ring substituents is 1. The molecular weight excluding hydrogens is 456 g/mol. The van der Waals surface area contributed by atoms with E-state index in [4.69, 9.17) is 9.84 Å². The first kappa shape index (κ1) is 25.4. The van der Waals surface area contributed by atoms with E-state index in [1.165, 1.54) is 29.2 Å². The topological polar surface area (TPSA) is 147 Å². The van der Waals surface area contributed by atoms with Gasteiger partial charge < -0.3 is 19.8 Å². The molecule has 3 rings (SSSR count). The number of Topliss-reactive ketones (excluding diaryl/α,β-unsaturated/α-hetero) is 1. The number of benzene rings is 2. The molecule has 0 aliphatic carbocycles. The first-order valence-corrected chi connectivity index (χ1v) is 11.2. The maximum absolute atomic E-state index is 13.0. The molecule has 10 heteroatoms. The Balaban J connectivity index is 1.98. The standard InChI is InChI=1S/C25H26N2O8/c1-2-35-19-13-9-16(10-14-19)22-21(23(30)17-7-11-18(12-8-17)27(33)34)24(31)25(32)26(22)15-5-3-4-6-20(28)29/h7-14,22,30H,2-6,15H2,1H3,(H,28,29)/t22-/m0/s1. The second kappa shape index (κ2) is 11.3. The Hall–Kier alpha value is -4.21. The molecule has 0 unspecified atom stereocenters. The SMILES string of the molecule is CCOc1ccc([C@H]2C(=C(O)c3ccc([N+](=O)[O-])cc3)C(=O)C(=O)N2CCCCCC(=O)O)cc1. The molecule has 184 valence electrons. The fourth-order valence-corrected chi connectivity index (χ4v) is 4.00. The average molecular weight is 482 g/mol. The van der Waals surface area contributed by atoms with Crippen molar-refractivity contribution in [2.45, 2.75) is 38.6 Å². The number of carboxylic acid groups (broad SMARTS) is 1. The fraction of sp³-hybridized carbons (Fsp3) is 0.320. The van der Waals surface area contributed by atoms with Gasteiger partial charge in [0.25, 0.3) is 17.4 Å². The van der Waals surface area contributed by atoms with E-state index >= 15 is 0 Å². The maximum atomic E-state index is 13.0. The number of aliphatic hydroxyl groups is 1. The van der Waals surface area contributed by atoms with Crippen LogP contribution >= 0.6 is 0 Å². The number of amides is 1. The van der Waals surface area contributed by atoms with Crippen molar-refractivity contribution >= 4 is 29.1 Å². The number of hydrogen-bond acceptors (Lipinski definition) is 7. The Morgan fingerprint density at radius 1 is 1.03 bits per heavy atom. The Bertz CT molecular complexity index is 1140. The van der Waals surface area contributed by atoms with Crippen LogP contribution in [0.15, 0.2) is 54.1 Å². The van der Waals surface area contributed by atoms with Crippen molar-refractivity contribution in [3.8, 4) is 5.75 Å². The molecule has 35 heavy (non-hydrogen) atoms. The van der Waals surface area contributed by atoms with Gasteiger partial charge in [-0.1, -0.05) is 18.6 Å². The maximum Gasteiger partial charge on any atom is 0.303 e. The highest BCUT2D eigenvalue weighted by atomic mass is 16.6. The summed E-state index contributed by atoms with van der Waals surface area (Å²) in [6, 6.07) is 11.0. The van der Waals surface area contributed by atoms with Crippen molar-refractivity contribution in [1.82, 2.24) is 4.90 Å². The van der Waals surface area contributed by atoms with Gasteiger partial charge in [-0.05, 0) is 49.6 Å². The van der Waals surface area contributed by atoms with E-state index in [0.717, 1.165) is 0 Å². The molecule has 0 aromatic heterocycles. The summed E-state index contributed by atoms with van der Waals surface area (Å²) in [6.45, 7) is 2.50. The van der Waals surface area contributed by atoms with E-state index in [-0.39, 0.29) is 29.8 Å². The van der Waals surface area contributed by atoms with Crippen LogP contribution in [0, 0.1) is 10.1 Å². The Kier molecular flexibility index (Phi) is 8.19. The van der Waals surface area contributed by atoms with E-state index in [0.29, 0.717) is 37.2 Å². The molecule has 0 saturated carbocycles. The highest BCUT2D eigenvalue weighted by Crippen LogP contribution is 2.40. The summed E-state index contributed by atoms with van der Waals surface area (Å²) in [7, 11) is 0. The van der Waals surface area contributed by atoms with Gasteiger partial charge in [-0.2, -0.15) is 0 Å². The molecule has 2 aromatic carbocycles. The van der Waals surface area contributed by atoms with Gasteiger partial charge in [0.05, 0.1) is 23.1 Å². The second-order valence-electron chi connectivity index (χ2n) is 8.00. The van der Waals surface area contributed by atoms with Crippen LogP contribution in [0.4, 0.5) is 5.69 Å². The van der Waals surface area contributed by atoms with E-state index in [2.05, 4.69) is 0 Å². The first-order valence-electron chi connectivity index (χ1n) is 11.2. The van der Waals surface area contributed by atoms with Gasteiger partial charge in [-0.15, -0.1) is 0 Å². The molecule has 2 aromatic rings. The molecule has 1 saturated heterocycles. The lowest BCUT2D eigenvalue weighted by molar-refractivity contribution is -0.384. The van der Waals surface area contributed by atoms with Gasteiger partial charge in [0.15, 0.2) is 0 Å². The molecule has 1 fully saturated rings. The molecule has 1 aliphatic heterocycles. The normalized spacial score (nSPS) is 16.9. The van der Waals surface area contributed by atoms with Crippen LogP contribution in [0.2, 0.25) is 0 Å². The second-order valence-corrected chi connectivity index (χ2v) is 8.00. The Morgan fingerprint density at radius 3 is 2.26 bits per heavy atom. The van der Waals surface area contributed by atoms with E-state index < -0.39 is 34.4 Å². The zero-order valence-electron chi connectivity index (χ0n) is 19.2. The van der Waals surface area contributed by atoms with Crippen LogP contribution < -0.4 is 4.74 Å². The van der Waals surface area contributed by atoms with Crippen LogP contribution in [-0.4, -0.2) is 50.8 Å². The van der Waals surface area contributed by atoms with Crippen LogP contribution in [0.3, 0.4) is 0 Å². The number of nitro benzene ring substituents is 1. The van der Waals surface area contributed by atoms with E-state index in [1.54, 1.807) is 24.3 Å². The molecule has 1 aliphatic rings. The number of aliphatic hydroxyl groups excluding tert-OH is 1. The molecule has 1 amide bonds. The Labute approximate surface area is 201 Å². The summed E-state index contributed by atoms with van der Waals surface area (Å²) in [5.74, 6) is -2.35. The van der Waals surface area contributed by atoms with Crippen LogP contribution in [0.5, 0.6) is 5.75 Å². The van der Waals surface area contributed by atoms with Crippen molar-refractivity contribution in [3.05, 3.63) is 75.3 Å². The van der Waals surface area contributed by atoms with Gasteiger partial charge in [0, 0.05) is 30.7 Å². The van der Waals surface area contributed by atoms with E-state index in [9.17, 15) is 29.6 Å². The molecule has 0 bridgehead atoms. The summed E-state index contributed by atoms with van der Waals surface area (Å²) in [5.41, 5.74) is 0.470. The summed E-state index contributed by atoms with van der Waals surface area (Å²) >= 11 is 0. The third-order valence-electron chi connectivity index (χ3n) is 5.69. The van der Waals surface area contributed by atoms with Crippen molar-refractivity contribution < 1.29 is 34.3 Å². The number of unbranched alkanes of at least 4 members (excludes halogenated alkanes) is 2. The predicted molar refractivity (Wildman–Crippen MR) is 126 cm³/mol. The van der Waals surface area contributed by atoms with Crippen molar-refractivity contribution in [3.63, 3.8) is 0 Å². The highest BCUT2D eigenvalue weighted by Gasteiger charge is 2.45. The molecule has 0 spiro atoms. The number of carbonyl (C=O) groups is 3. The number of ether oxygens (including phenoxy) is 1. The molecule has 10 nitrogen and oxygen atoms in total. The van der Waals surface area contributed by atoms with E-state index in [1.807, 2.05) is 6.92 Å². The fourth-order valence-electron chi connectivity index (χ4n) is 4.00. The summed E-state index contributed by atoms with van der Waals surface area (Å²) in [6.07, 6.45) is 1.48. The number of nitro groups is 1. The smallest absolute Gasteiger partial charge is 0.303 e. The van der Waals surface area contributed by atoms with Gasteiger partial charge >= 0.3 is 5.97 Å². The minimum absolute atomic E-state index is 0.0152. The predicted octanol–water partition coefficient (Wildman–Crippen LogP) is 4.06. The van der Waals surface area contributed by atoms with Crippen LogP contribution in [0.25, 0.3) is 5.76 Å². The number of nitrogens with zero attached hydrogens (tertiary/aromatic N) is 2. The summed E-state index contributed by atoms with van der Waals surface area (Å²) in [4.78, 5) is 48.5. The third kappa shape index (κ3) is 5.84. The number of aliphatic carboxylic acids is 1. The Morgan fingerprint density at radius 2 is 1.69 bits per heavy atom. The molecule has 0 radical (unpaired) electrons. The zero-order chi connectivity index (χ0) is 25.5. The van der Waals surface area contributed by atoms with Gasteiger partial charge in [0.2, 0.25) is 0 Å². The monoisotopic (exact) mass is 482 g/mol. The van der Waals surface area contributed by atoms with Gasteiger partial charge in [-0.3, -0.25) is 24.5 Å². The van der Waals surface area contributed by atoms with Crippen molar-refractivity contribution in [2.75, 3.05) is 13.2 Å². The number of ketones is 1. The number of carboxylic acids is 1.